The number of benzene rings is 1. The summed E-state index contributed by atoms with van der Waals surface area (Å²) in [6.07, 6.45) is -1.09. The van der Waals surface area contributed by atoms with E-state index in [1.165, 1.54) is 17.8 Å². The molecule has 2 aromatic heterocycles. The second-order valence-corrected chi connectivity index (χ2v) is 6.11. The molecule has 0 atom stereocenters. The van der Waals surface area contributed by atoms with Crippen LogP contribution in [0.4, 0.5) is 13.2 Å². The van der Waals surface area contributed by atoms with E-state index >= 15 is 0 Å². The Morgan fingerprint density at radius 1 is 1.24 bits per heavy atom. The molecule has 0 aliphatic heterocycles. The number of aromatic nitrogens is 3. The summed E-state index contributed by atoms with van der Waals surface area (Å²) < 4.78 is 43.7. The van der Waals surface area contributed by atoms with E-state index in [-0.39, 0.29) is 5.52 Å². The number of rotatable bonds is 6. The number of nitrogens with one attached hydrogen (secondary N) is 1. The van der Waals surface area contributed by atoms with Gasteiger partial charge >= 0.3 is 6.18 Å². The van der Waals surface area contributed by atoms with Crippen molar-refractivity contribution in [1.82, 2.24) is 15.0 Å². The van der Waals surface area contributed by atoms with Gasteiger partial charge in [0.2, 0.25) is 0 Å². The van der Waals surface area contributed by atoms with E-state index in [0.717, 1.165) is 17.8 Å². The molecule has 0 amide bonds. The number of ether oxygens (including phenoxy) is 1. The molecule has 1 aromatic carbocycles. The standard InChI is InChI=1S/C17H14F3N3OS/c1-2-7-24-13-5-6-21-12(9-13)10-25-16-22-14-4-3-11(17(18,19)20)8-15(14)23-16/h2-6,8-9H,1,7,10H2,(H,22,23). The summed E-state index contributed by atoms with van der Waals surface area (Å²) in [5.41, 5.74) is 0.916. The van der Waals surface area contributed by atoms with Crippen LogP contribution in [0.3, 0.4) is 0 Å². The smallest absolute Gasteiger partial charge is 0.416 e. The fraction of sp³-hybridized carbons (Fsp3) is 0.176. The van der Waals surface area contributed by atoms with Crippen LogP contribution in [-0.2, 0) is 11.9 Å². The molecule has 25 heavy (non-hydrogen) atoms. The summed E-state index contributed by atoms with van der Waals surface area (Å²) in [6.45, 7) is 3.99. The number of pyridine rings is 1. The fourth-order valence-corrected chi connectivity index (χ4v) is 2.94. The van der Waals surface area contributed by atoms with E-state index in [1.807, 2.05) is 0 Å². The SMILES string of the molecule is C=CCOc1ccnc(CSc2nc3cc(C(F)(F)F)ccc3[nH]2)c1. The number of nitrogens with zero attached hydrogens (tertiary/aromatic N) is 2. The molecule has 0 fully saturated rings. The highest BCUT2D eigenvalue weighted by molar-refractivity contribution is 7.98. The van der Waals surface area contributed by atoms with Crippen molar-refractivity contribution in [3.63, 3.8) is 0 Å². The first-order valence-electron chi connectivity index (χ1n) is 7.34. The van der Waals surface area contributed by atoms with E-state index in [2.05, 4.69) is 21.5 Å². The van der Waals surface area contributed by atoms with Gasteiger partial charge in [0.05, 0.1) is 22.3 Å². The lowest BCUT2D eigenvalue weighted by molar-refractivity contribution is -0.137. The van der Waals surface area contributed by atoms with Crippen LogP contribution in [0.15, 0.2) is 54.3 Å². The van der Waals surface area contributed by atoms with Crippen molar-refractivity contribution in [2.45, 2.75) is 17.1 Å². The number of halogens is 3. The Morgan fingerprint density at radius 2 is 2.08 bits per heavy atom. The number of hydrogen-bond donors (Lipinski definition) is 1. The van der Waals surface area contributed by atoms with Crippen molar-refractivity contribution in [3.8, 4) is 5.75 Å². The van der Waals surface area contributed by atoms with Crippen molar-refractivity contribution >= 4 is 22.8 Å². The van der Waals surface area contributed by atoms with Gasteiger partial charge < -0.3 is 9.72 Å². The molecule has 130 valence electrons. The predicted molar refractivity (Wildman–Crippen MR) is 90.6 cm³/mol. The summed E-state index contributed by atoms with van der Waals surface area (Å²) in [5.74, 6) is 1.20. The van der Waals surface area contributed by atoms with Crippen LogP contribution in [0.5, 0.6) is 5.75 Å². The van der Waals surface area contributed by atoms with Gasteiger partial charge in [-0.15, -0.1) is 0 Å². The first-order chi connectivity index (χ1) is 12.0. The average molecular weight is 365 g/mol. The lowest BCUT2D eigenvalue weighted by atomic mass is 10.2. The second-order valence-electron chi connectivity index (χ2n) is 5.14. The highest BCUT2D eigenvalue weighted by atomic mass is 32.2. The molecule has 4 nitrogen and oxygen atoms in total. The van der Waals surface area contributed by atoms with Crippen molar-refractivity contribution < 1.29 is 17.9 Å². The molecule has 0 bridgehead atoms. The summed E-state index contributed by atoms with van der Waals surface area (Å²) in [5, 5.41) is 0.536. The summed E-state index contributed by atoms with van der Waals surface area (Å²) in [4.78, 5) is 11.5. The van der Waals surface area contributed by atoms with Gasteiger partial charge in [0.1, 0.15) is 12.4 Å². The Balaban J connectivity index is 1.72. The molecule has 0 unspecified atom stereocenters. The number of aromatic amines is 1. The first-order valence-corrected chi connectivity index (χ1v) is 8.32. The molecule has 0 radical (unpaired) electrons. The number of fused-ring (bicyclic) bond motifs is 1. The highest BCUT2D eigenvalue weighted by Gasteiger charge is 2.30. The van der Waals surface area contributed by atoms with Gasteiger partial charge in [-0.2, -0.15) is 13.2 Å². The van der Waals surface area contributed by atoms with Crippen LogP contribution >= 0.6 is 11.8 Å². The Morgan fingerprint density at radius 3 is 2.84 bits per heavy atom. The minimum absolute atomic E-state index is 0.286. The average Bonchev–Trinajstić information content (AvgIpc) is 3.00. The van der Waals surface area contributed by atoms with Crippen LogP contribution in [0.1, 0.15) is 11.3 Å². The zero-order chi connectivity index (χ0) is 17.9. The Labute approximate surface area is 146 Å². The molecule has 8 heteroatoms. The first kappa shape index (κ1) is 17.3. The number of alkyl halides is 3. The maximum atomic E-state index is 12.7. The van der Waals surface area contributed by atoms with E-state index in [0.29, 0.717) is 28.8 Å². The lowest BCUT2D eigenvalue weighted by Gasteiger charge is -2.04. The van der Waals surface area contributed by atoms with Gasteiger partial charge in [-0.25, -0.2) is 4.98 Å². The molecule has 0 saturated heterocycles. The van der Waals surface area contributed by atoms with E-state index in [4.69, 9.17) is 4.74 Å². The lowest BCUT2D eigenvalue weighted by Crippen LogP contribution is -2.04. The predicted octanol–water partition coefficient (Wildman–Crippen LogP) is 4.83. The van der Waals surface area contributed by atoms with E-state index < -0.39 is 11.7 Å². The van der Waals surface area contributed by atoms with Gasteiger partial charge in [-0.3, -0.25) is 4.98 Å². The number of hydrogen-bond acceptors (Lipinski definition) is 4. The van der Waals surface area contributed by atoms with Crippen molar-refractivity contribution in [1.29, 1.82) is 0 Å². The molecular formula is C17H14F3N3OS. The largest absolute Gasteiger partial charge is 0.489 e. The molecule has 0 aliphatic carbocycles. The quantitative estimate of drug-likeness (QED) is 0.502. The van der Waals surface area contributed by atoms with E-state index in [1.54, 1.807) is 24.4 Å². The van der Waals surface area contributed by atoms with Gasteiger partial charge in [0.15, 0.2) is 5.16 Å². The van der Waals surface area contributed by atoms with Crippen LogP contribution < -0.4 is 4.74 Å². The molecule has 2 heterocycles. The van der Waals surface area contributed by atoms with E-state index in [9.17, 15) is 13.2 Å². The van der Waals surface area contributed by atoms with Crippen LogP contribution in [-0.4, -0.2) is 21.6 Å². The maximum Gasteiger partial charge on any atom is 0.416 e. The van der Waals surface area contributed by atoms with Crippen LogP contribution in [0.25, 0.3) is 11.0 Å². The van der Waals surface area contributed by atoms with Gasteiger partial charge in [0, 0.05) is 18.0 Å². The van der Waals surface area contributed by atoms with Gasteiger partial charge in [-0.1, -0.05) is 24.4 Å². The van der Waals surface area contributed by atoms with Gasteiger partial charge in [-0.05, 0) is 24.3 Å². The number of imidazole rings is 1. The molecule has 0 spiro atoms. The number of H-pyrrole nitrogens is 1. The normalized spacial score (nSPS) is 11.6. The Hall–Kier alpha value is -2.48. The highest BCUT2D eigenvalue weighted by Crippen LogP contribution is 2.32. The molecule has 1 N–H and O–H groups in total. The van der Waals surface area contributed by atoms with Crippen molar-refractivity contribution in [3.05, 3.63) is 60.4 Å². The van der Waals surface area contributed by atoms with Crippen LogP contribution in [0, 0.1) is 0 Å². The fourth-order valence-electron chi connectivity index (χ4n) is 2.15. The minimum atomic E-state index is -4.38. The third-order valence-corrected chi connectivity index (χ3v) is 4.21. The zero-order valence-electron chi connectivity index (χ0n) is 13.0. The summed E-state index contributed by atoms with van der Waals surface area (Å²) >= 11 is 1.36. The van der Waals surface area contributed by atoms with Crippen molar-refractivity contribution in [2.24, 2.45) is 0 Å². The minimum Gasteiger partial charge on any atom is -0.489 e. The molecule has 3 aromatic rings. The Bertz CT molecular complexity index is 892. The monoisotopic (exact) mass is 365 g/mol. The third kappa shape index (κ3) is 4.33. The van der Waals surface area contributed by atoms with Gasteiger partial charge in [0.25, 0.3) is 0 Å². The second kappa shape index (κ2) is 7.18. The molecule has 0 saturated carbocycles. The molecular weight excluding hydrogens is 351 g/mol. The van der Waals surface area contributed by atoms with Crippen LogP contribution in [0.2, 0.25) is 0 Å². The maximum absolute atomic E-state index is 12.7. The molecule has 0 aliphatic rings. The Kier molecular flexibility index (Phi) is 4.98. The summed E-state index contributed by atoms with van der Waals surface area (Å²) in [6, 6.07) is 7.02. The summed E-state index contributed by atoms with van der Waals surface area (Å²) in [7, 11) is 0. The van der Waals surface area contributed by atoms with Crippen molar-refractivity contribution in [2.75, 3.05) is 6.61 Å². The third-order valence-electron chi connectivity index (χ3n) is 3.30. The molecule has 3 rings (SSSR count). The topological polar surface area (TPSA) is 50.8 Å². The zero-order valence-corrected chi connectivity index (χ0v) is 13.8. The number of thioether (sulfide) groups is 1.